The van der Waals surface area contributed by atoms with Crippen molar-refractivity contribution in [2.45, 2.75) is 9.88 Å². The van der Waals surface area contributed by atoms with Crippen LogP contribution >= 0.6 is 23.2 Å². The maximum atomic E-state index is 8.98. The van der Waals surface area contributed by atoms with Gasteiger partial charge in [-0.05, 0) is 23.2 Å². The summed E-state index contributed by atoms with van der Waals surface area (Å²) in [5.74, 6) is 0. The summed E-state index contributed by atoms with van der Waals surface area (Å²) < 4.78 is -0.889. The van der Waals surface area contributed by atoms with E-state index >= 15 is 0 Å². The Morgan fingerprint density at radius 3 is 1.43 bits per heavy atom. The second kappa shape index (κ2) is 10.1. The van der Waals surface area contributed by atoms with E-state index in [9.17, 15) is 0 Å². The molecule has 0 aromatic heterocycles. The van der Waals surface area contributed by atoms with Crippen LogP contribution in [-0.2, 0) is 0 Å². The molecule has 0 atom stereocenters. The van der Waals surface area contributed by atoms with Crippen molar-refractivity contribution in [3.05, 3.63) is 0 Å². The first-order valence-electron chi connectivity index (χ1n) is 1.58. The molecular weight excluding hydrogens is 242 g/mol. The van der Waals surface area contributed by atoms with Crippen molar-refractivity contribution in [3.63, 3.8) is 0 Å². The summed E-state index contributed by atoms with van der Waals surface area (Å²) in [4.78, 5) is 13.6. The monoisotopic (exact) mass is 248 g/mol. The Balaban J connectivity index is 0. The summed E-state index contributed by atoms with van der Waals surface area (Å²) in [5, 5.41) is 0. The first-order chi connectivity index (χ1) is 3.15. The van der Waals surface area contributed by atoms with E-state index in [1.165, 1.54) is 0 Å². The topological polar surface area (TPSA) is 17.1 Å². The van der Waals surface area contributed by atoms with Gasteiger partial charge in [0.25, 0.3) is 0 Å². The van der Waals surface area contributed by atoms with Crippen LogP contribution in [0.1, 0.15) is 0 Å². The SMILES string of the molecule is O=C(Cl)Cl.[CH3][Sn][CH3]. The van der Waals surface area contributed by atoms with Crippen molar-refractivity contribution >= 4 is 49.0 Å². The van der Waals surface area contributed by atoms with E-state index in [-0.39, 0.29) is 21.1 Å². The average Bonchev–Trinajstić information content (AvgIpc) is 1.33. The Hall–Kier alpha value is 1.05. The molecule has 0 heterocycles. The zero-order valence-corrected chi connectivity index (χ0v) is 8.53. The Kier molecular flexibility index (Phi) is 15.8. The molecule has 0 aliphatic carbocycles. The molecule has 4 heteroatoms. The van der Waals surface area contributed by atoms with Crippen LogP contribution in [-0.4, -0.2) is 25.8 Å². The van der Waals surface area contributed by atoms with Gasteiger partial charge in [-0.15, -0.1) is 0 Å². The Morgan fingerprint density at radius 2 is 1.43 bits per heavy atom. The van der Waals surface area contributed by atoms with E-state index < -0.39 is 4.70 Å². The first-order valence-corrected chi connectivity index (χ1v) is 8.05. The van der Waals surface area contributed by atoms with Gasteiger partial charge in [-0.1, -0.05) is 0 Å². The zero-order valence-electron chi connectivity index (χ0n) is 4.16. The van der Waals surface area contributed by atoms with Crippen LogP contribution in [0.25, 0.3) is 0 Å². The van der Waals surface area contributed by atoms with Crippen molar-refractivity contribution in [2.24, 2.45) is 0 Å². The Labute approximate surface area is 63.6 Å². The third-order valence-electron chi connectivity index (χ3n) is 0. The van der Waals surface area contributed by atoms with Gasteiger partial charge in [-0.3, -0.25) is 4.79 Å². The molecule has 0 saturated carbocycles. The molecule has 0 spiro atoms. The molecule has 0 aliphatic heterocycles. The molecule has 0 aliphatic rings. The predicted molar refractivity (Wildman–Crippen MR) is 34.6 cm³/mol. The molecule has 0 saturated heterocycles. The maximum absolute atomic E-state index is 8.98. The van der Waals surface area contributed by atoms with Crippen LogP contribution in [0.2, 0.25) is 9.88 Å². The van der Waals surface area contributed by atoms with Gasteiger partial charge in [0.15, 0.2) is 0 Å². The van der Waals surface area contributed by atoms with Crippen molar-refractivity contribution in [1.82, 2.24) is 0 Å². The van der Waals surface area contributed by atoms with Crippen molar-refractivity contribution in [3.8, 4) is 0 Å². The van der Waals surface area contributed by atoms with E-state index in [0.717, 1.165) is 0 Å². The third-order valence-corrected chi connectivity index (χ3v) is 0. The van der Waals surface area contributed by atoms with E-state index in [0.29, 0.717) is 0 Å². The summed E-state index contributed by atoms with van der Waals surface area (Å²) in [6.07, 6.45) is 0. The number of hydrogen-bond donors (Lipinski definition) is 0. The van der Waals surface area contributed by atoms with Gasteiger partial charge in [0.2, 0.25) is 0 Å². The minimum atomic E-state index is -0.889. The second-order valence-corrected chi connectivity index (χ2v) is 4.46. The van der Waals surface area contributed by atoms with Crippen LogP contribution in [0.3, 0.4) is 0 Å². The minimum absolute atomic E-state index is 0.230. The number of rotatable bonds is 0. The van der Waals surface area contributed by atoms with Gasteiger partial charge in [0.1, 0.15) is 0 Å². The molecule has 1 nitrogen and oxygen atoms in total. The normalized spacial score (nSPS) is 6.29. The molecule has 0 rings (SSSR count). The molecule has 0 amide bonds. The van der Waals surface area contributed by atoms with Gasteiger partial charge < -0.3 is 0 Å². The van der Waals surface area contributed by atoms with Gasteiger partial charge in [-0.2, -0.15) is 0 Å². The predicted octanol–water partition coefficient (Wildman–Crippen LogP) is 2.37. The van der Waals surface area contributed by atoms with Crippen molar-refractivity contribution < 1.29 is 4.79 Å². The Morgan fingerprint density at radius 1 is 1.43 bits per heavy atom. The van der Waals surface area contributed by atoms with Gasteiger partial charge >= 0.3 is 35.7 Å². The van der Waals surface area contributed by atoms with E-state index in [4.69, 9.17) is 4.79 Å². The fourth-order valence-electron chi connectivity index (χ4n) is 0. The van der Waals surface area contributed by atoms with E-state index in [2.05, 4.69) is 33.1 Å². The molecule has 0 unspecified atom stereocenters. The van der Waals surface area contributed by atoms with Crippen LogP contribution in [0, 0.1) is 0 Å². The van der Waals surface area contributed by atoms with Crippen LogP contribution < -0.4 is 0 Å². The molecule has 7 heavy (non-hydrogen) atoms. The third kappa shape index (κ3) is 163. The van der Waals surface area contributed by atoms with Crippen LogP contribution in [0.15, 0.2) is 0 Å². The molecule has 2 radical (unpaired) electrons. The fraction of sp³-hybridized carbons (Fsp3) is 0.667. The average molecular weight is 248 g/mol. The molecule has 0 N–H and O–H groups in total. The van der Waals surface area contributed by atoms with Gasteiger partial charge in [0.05, 0.1) is 0 Å². The van der Waals surface area contributed by atoms with Crippen molar-refractivity contribution in [1.29, 1.82) is 0 Å². The number of halogens is 2. The molecule has 0 aromatic rings. The summed E-state index contributed by atoms with van der Waals surface area (Å²) in [6, 6.07) is 0. The van der Waals surface area contributed by atoms with Gasteiger partial charge in [-0.25, -0.2) is 0 Å². The summed E-state index contributed by atoms with van der Waals surface area (Å²) in [6.45, 7) is 0. The second-order valence-electron chi connectivity index (χ2n) is 0.726. The molecule has 0 aromatic carbocycles. The standard InChI is InChI=1S/CCl2O.2CH3.Sn/c2-1(3)4;;;/h;2*1H3;. The number of carbonyl (C=O) groups excluding carboxylic acids is 1. The fourth-order valence-corrected chi connectivity index (χ4v) is 0. The van der Waals surface area contributed by atoms with Gasteiger partial charge in [0, 0.05) is 0 Å². The van der Waals surface area contributed by atoms with Crippen LogP contribution in [0.4, 0.5) is 4.79 Å². The molecule has 42 valence electrons. The molecule has 0 fully saturated rings. The van der Waals surface area contributed by atoms with E-state index in [1.54, 1.807) is 0 Å². The zero-order chi connectivity index (χ0) is 6.28. The molecular formula is C3H6Cl2OSn. The van der Waals surface area contributed by atoms with E-state index in [1.807, 2.05) is 0 Å². The summed E-state index contributed by atoms with van der Waals surface area (Å²) in [7, 11) is 0. The number of hydrogen-bond acceptors (Lipinski definition) is 1. The molecule has 0 bridgehead atoms. The van der Waals surface area contributed by atoms with Crippen molar-refractivity contribution in [2.75, 3.05) is 0 Å². The summed E-state index contributed by atoms with van der Waals surface area (Å²) in [5.41, 5.74) is 0. The van der Waals surface area contributed by atoms with Crippen LogP contribution in [0.5, 0.6) is 0 Å². The summed E-state index contributed by atoms with van der Waals surface area (Å²) >= 11 is 9.03. The quantitative estimate of drug-likeness (QED) is 0.475. The number of carbonyl (C=O) groups is 1. The Bertz CT molecular complexity index is 44.2. The first kappa shape index (κ1) is 10.9.